The van der Waals surface area contributed by atoms with Crippen LogP contribution in [0, 0.1) is 0 Å². The summed E-state index contributed by atoms with van der Waals surface area (Å²) in [5, 5.41) is 2.78. The standard InChI is InChI=1S/C12H15NOS2/c1-9(14)13-11-5-3-10(4-6-11)12-15-7-2-8-16-12/h3-6,12H,2,7-8H2,1H3,(H,13,14). The Morgan fingerprint density at radius 2 is 1.88 bits per heavy atom. The number of benzene rings is 1. The number of hydrogen-bond donors (Lipinski definition) is 1. The van der Waals surface area contributed by atoms with Gasteiger partial charge in [-0.25, -0.2) is 0 Å². The maximum Gasteiger partial charge on any atom is 0.221 e. The molecule has 1 fully saturated rings. The molecule has 0 aromatic heterocycles. The first kappa shape index (κ1) is 11.9. The number of rotatable bonds is 2. The van der Waals surface area contributed by atoms with Gasteiger partial charge in [-0.3, -0.25) is 4.79 Å². The van der Waals surface area contributed by atoms with E-state index in [1.54, 1.807) is 0 Å². The molecule has 0 spiro atoms. The predicted octanol–water partition coefficient (Wildman–Crippen LogP) is 3.51. The summed E-state index contributed by atoms with van der Waals surface area (Å²) in [7, 11) is 0. The molecule has 1 aliphatic heterocycles. The first-order chi connectivity index (χ1) is 7.75. The van der Waals surface area contributed by atoms with Crippen LogP contribution in [0.15, 0.2) is 24.3 Å². The highest BCUT2D eigenvalue weighted by Crippen LogP contribution is 2.43. The van der Waals surface area contributed by atoms with Crippen molar-refractivity contribution in [3.63, 3.8) is 0 Å². The fourth-order valence-corrected chi connectivity index (χ4v) is 4.50. The second-order valence-corrected chi connectivity index (χ2v) is 6.45. The van der Waals surface area contributed by atoms with Gasteiger partial charge in [-0.1, -0.05) is 12.1 Å². The van der Waals surface area contributed by atoms with Crippen molar-refractivity contribution in [2.24, 2.45) is 0 Å². The lowest BCUT2D eigenvalue weighted by atomic mass is 10.2. The third-order valence-electron chi connectivity index (χ3n) is 2.33. The molecular weight excluding hydrogens is 238 g/mol. The number of carbonyl (C=O) groups excluding carboxylic acids is 1. The van der Waals surface area contributed by atoms with E-state index < -0.39 is 0 Å². The van der Waals surface area contributed by atoms with Gasteiger partial charge in [-0.2, -0.15) is 0 Å². The lowest BCUT2D eigenvalue weighted by Crippen LogP contribution is -2.06. The van der Waals surface area contributed by atoms with Crippen molar-refractivity contribution in [3.8, 4) is 0 Å². The van der Waals surface area contributed by atoms with Gasteiger partial charge in [-0.15, -0.1) is 23.5 Å². The maximum absolute atomic E-state index is 10.9. The van der Waals surface area contributed by atoms with Crippen molar-refractivity contribution >= 4 is 35.1 Å². The van der Waals surface area contributed by atoms with E-state index in [0.29, 0.717) is 4.58 Å². The molecule has 1 amide bonds. The zero-order valence-electron chi connectivity index (χ0n) is 9.23. The molecule has 86 valence electrons. The summed E-state index contributed by atoms with van der Waals surface area (Å²) in [5.41, 5.74) is 2.23. The summed E-state index contributed by atoms with van der Waals surface area (Å²) in [6.45, 7) is 1.53. The normalized spacial score (nSPS) is 17.1. The minimum Gasteiger partial charge on any atom is -0.326 e. The van der Waals surface area contributed by atoms with E-state index >= 15 is 0 Å². The zero-order chi connectivity index (χ0) is 11.4. The fourth-order valence-electron chi connectivity index (χ4n) is 1.61. The molecular formula is C12H15NOS2. The fraction of sp³-hybridized carbons (Fsp3) is 0.417. The predicted molar refractivity (Wildman–Crippen MR) is 73.0 cm³/mol. The Balaban J connectivity index is 2.03. The topological polar surface area (TPSA) is 29.1 Å². The Labute approximate surface area is 105 Å². The molecule has 2 nitrogen and oxygen atoms in total. The second kappa shape index (κ2) is 5.64. The largest absolute Gasteiger partial charge is 0.326 e. The number of carbonyl (C=O) groups is 1. The highest BCUT2D eigenvalue weighted by atomic mass is 32.2. The van der Waals surface area contributed by atoms with E-state index in [2.05, 4.69) is 17.4 Å². The van der Waals surface area contributed by atoms with Gasteiger partial charge in [0.15, 0.2) is 0 Å². The lowest BCUT2D eigenvalue weighted by molar-refractivity contribution is -0.114. The van der Waals surface area contributed by atoms with Crippen LogP contribution >= 0.6 is 23.5 Å². The molecule has 0 bridgehead atoms. The molecule has 1 aromatic rings. The van der Waals surface area contributed by atoms with Crippen molar-refractivity contribution in [1.29, 1.82) is 0 Å². The smallest absolute Gasteiger partial charge is 0.221 e. The molecule has 0 aliphatic carbocycles. The van der Waals surface area contributed by atoms with Crippen molar-refractivity contribution in [3.05, 3.63) is 29.8 Å². The highest BCUT2D eigenvalue weighted by molar-refractivity contribution is 8.16. The average Bonchev–Trinajstić information content (AvgIpc) is 2.30. The number of nitrogens with one attached hydrogen (secondary N) is 1. The van der Waals surface area contributed by atoms with Crippen LogP contribution < -0.4 is 5.32 Å². The first-order valence-electron chi connectivity index (χ1n) is 5.36. The highest BCUT2D eigenvalue weighted by Gasteiger charge is 2.16. The van der Waals surface area contributed by atoms with Crippen LogP contribution in [0.4, 0.5) is 5.69 Å². The lowest BCUT2D eigenvalue weighted by Gasteiger charge is -2.21. The van der Waals surface area contributed by atoms with Gasteiger partial charge in [0.25, 0.3) is 0 Å². The minimum atomic E-state index is -0.0193. The number of anilines is 1. The minimum absolute atomic E-state index is 0.0193. The van der Waals surface area contributed by atoms with Crippen LogP contribution in [0.1, 0.15) is 23.5 Å². The molecule has 0 atom stereocenters. The summed E-state index contributed by atoms with van der Waals surface area (Å²) in [4.78, 5) is 10.9. The van der Waals surface area contributed by atoms with E-state index in [0.717, 1.165) is 5.69 Å². The van der Waals surface area contributed by atoms with Crippen LogP contribution in [0.5, 0.6) is 0 Å². The summed E-state index contributed by atoms with van der Waals surface area (Å²) in [5.74, 6) is 2.49. The summed E-state index contributed by atoms with van der Waals surface area (Å²) in [6, 6.07) is 8.18. The number of amides is 1. The van der Waals surface area contributed by atoms with E-state index in [1.165, 1.54) is 30.4 Å². The van der Waals surface area contributed by atoms with Crippen LogP contribution in [0.2, 0.25) is 0 Å². The van der Waals surface area contributed by atoms with E-state index in [-0.39, 0.29) is 5.91 Å². The maximum atomic E-state index is 10.9. The van der Waals surface area contributed by atoms with Crippen LogP contribution in [-0.4, -0.2) is 17.4 Å². The Bertz CT molecular complexity index is 358. The number of thioether (sulfide) groups is 2. The third kappa shape index (κ3) is 3.19. The summed E-state index contributed by atoms with van der Waals surface area (Å²) >= 11 is 4.02. The second-order valence-electron chi connectivity index (χ2n) is 3.73. The van der Waals surface area contributed by atoms with Crippen LogP contribution in [0.25, 0.3) is 0 Å². The molecule has 4 heteroatoms. The van der Waals surface area contributed by atoms with Crippen molar-refractivity contribution in [2.45, 2.75) is 17.9 Å². The quantitative estimate of drug-likeness (QED) is 0.874. The first-order valence-corrected chi connectivity index (χ1v) is 7.46. The zero-order valence-corrected chi connectivity index (χ0v) is 10.9. The van der Waals surface area contributed by atoms with Crippen LogP contribution in [-0.2, 0) is 4.79 Å². The van der Waals surface area contributed by atoms with Gasteiger partial charge in [0.2, 0.25) is 5.91 Å². The SMILES string of the molecule is CC(=O)Nc1ccc(C2SCCCS2)cc1. The van der Waals surface area contributed by atoms with Gasteiger partial charge < -0.3 is 5.32 Å². The van der Waals surface area contributed by atoms with Crippen molar-refractivity contribution < 1.29 is 4.79 Å². The monoisotopic (exact) mass is 253 g/mol. The summed E-state index contributed by atoms with van der Waals surface area (Å²) < 4.78 is 0.570. The molecule has 1 aromatic carbocycles. The molecule has 0 radical (unpaired) electrons. The molecule has 16 heavy (non-hydrogen) atoms. The molecule has 1 N–H and O–H groups in total. The van der Waals surface area contributed by atoms with Gasteiger partial charge in [0, 0.05) is 12.6 Å². The molecule has 1 aliphatic rings. The Hall–Kier alpha value is -0.610. The Morgan fingerprint density at radius 1 is 1.25 bits per heavy atom. The van der Waals surface area contributed by atoms with Gasteiger partial charge >= 0.3 is 0 Å². The molecule has 1 heterocycles. The van der Waals surface area contributed by atoms with Crippen molar-refractivity contribution in [2.75, 3.05) is 16.8 Å². The molecule has 0 unspecified atom stereocenters. The van der Waals surface area contributed by atoms with Gasteiger partial charge in [-0.05, 0) is 35.6 Å². The van der Waals surface area contributed by atoms with Crippen LogP contribution in [0.3, 0.4) is 0 Å². The molecule has 1 saturated heterocycles. The summed E-state index contributed by atoms with van der Waals surface area (Å²) in [6.07, 6.45) is 1.32. The van der Waals surface area contributed by atoms with E-state index in [9.17, 15) is 4.79 Å². The average molecular weight is 253 g/mol. The number of hydrogen-bond acceptors (Lipinski definition) is 3. The Morgan fingerprint density at radius 3 is 2.44 bits per heavy atom. The van der Waals surface area contributed by atoms with E-state index in [4.69, 9.17) is 0 Å². The van der Waals surface area contributed by atoms with Gasteiger partial charge in [0.1, 0.15) is 0 Å². The molecule has 0 saturated carbocycles. The Kier molecular flexibility index (Phi) is 4.18. The van der Waals surface area contributed by atoms with Crippen molar-refractivity contribution in [1.82, 2.24) is 0 Å². The third-order valence-corrected chi connectivity index (χ3v) is 5.35. The molecule has 2 rings (SSSR count). The van der Waals surface area contributed by atoms with Gasteiger partial charge in [0.05, 0.1) is 4.58 Å². The van der Waals surface area contributed by atoms with E-state index in [1.807, 2.05) is 35.7 Å².